The predicted molar refractivity (Wildman–Crippen MR) is 106 cm³/mol. The van der Waals surface area contributed by atoms with Gasteiger partial charge in [0.15, 0.2) is 0 Å². The topological polar surface area (TPSA) is 50.4 Å². The lowest BCUT2D eigenvalue weighted by Gasteiger charge is -2.29. The number of hydrogen-bond donors (Lipinski definition) is 2. The minimum Gasteiger partial charge on any atom is -0.490 e. The van der Waals surface area contributed by atoms with Crippen LogP contribution in [-0.2, 0) is 11.2 Å². The van der Waals surface area contributed by atoms with Gasteiger partial charge in [-0.05, 0) is 75.5 Å². The molecule has 26 heavy (non-hydrogen) atoms. The van der Waals surface area contributed by atoms with Crippen molar-refractivity contribution in [3.05, 3.63) is 29.8 Å². The Kier molecular flexibility index (Phi) is 6.82. The van der Waals surface area contributed by atoms with Gasteiger partial charge >= 0.3 is 0 Å². The summed E-state index contributed by atoms with van der Waals surface area (Å²) < 4.78 is 6.07. The van der Waals surface area contributed by atoms with Crippen molar-refractivity contribution in [3.8, 4) is 5.75 Å². The number of nitrogens with one attached hydrogen (secondary N) is 2. The lowest BCUT2D eigenvalue weighted by molar-refractivity contribution is -0.122. The van der Waals surface area contributed by atoms with E-state index in [1.165, 1.54) is 44.1 Å². The number of fused-ring (bicyclic) bond motifs is 2. The fourth-order valence-electron chi connectivity index (χ4n) is 4.71. The van der Waals surface area contributed by atoms with Crippen molar-refractivity contribution >= 4 is 18.3 Å². The zero-order chi connectivity index (χ0) is 17.1. The first kappa shape index (κ1) is 19.5. The molecule has 0 radical (unpaired) electrons. The van der Waals surface area contributed by atoms with Gasteiger partial charge in [0.1, 0.15) is 5.75 Å². The van der Waals surface area contributed by atoms with E-state index in [-0.39, 0.29) is 18.3 Å². The molecule has 0 spiro atoms. The van der Waals surface area contributed by atoms with Crippen LogP contribution in [0.4, 0.5) is 0 Å². The van der Waals surface area contributed by atoms with Crippen LogP contribution in [0.3, 0.4) is 0 Å². The first-order chi connectivity index (χ1) is 12.2. The highest BCUT2D eigenvalue weighted by Gasteiger charge is 2.33. The Balaban J connectivity index is 0.00000196. The Labute approximate surface area is 162 Å². The predicted octanol–water partition coefficient (Wildman–Crippen LogP) is 3.76. The lowest BCUT2D eigenvalue weighted by atomic mass is 9.99. The highest BCUT2D eigenvalue weighted by molar-refractivity contribution is 5.85. The summed E-state index contributed by atoms with van der Waals surface area (Å²) in [7, 11) is 0. The molecule has 2 heterocycles. The molecule has 2 N–H and O–H groups in total. The summed E-state index contributed by atoms with van der Waals surface area (Å²) in [5, 5.41) is 6.87. The summed E-state index contributed by atoms with van der Waals surface area (Å²) in [4.78, 5) is 12.3. The number of hydrogen-bond acceptors (Lipinski definition) is 3. The zero-order valence-electron chi connectivity index (χ0n) is 15.4. The molecular formula is C21H31ClN2O2. The highest BCUT2D eigenvalue weighted by Crippen LogP contribution is 2.27. The van der Waals surface area contributed by atoms with E-state index in [1.807, 2.05) is 12.1 Å². The molecule has 2 atom stereocenters. The van der Waals surface area contributed by atoms with Crippen LogP contribution in [0.5, 0.6) is 5.75 Å². The van der Waals surface area contributed by atoms with Crippen molar-refractivity contribution in [2.75, 3.05) is 0 Å². The second-order valence-corrected chi connectivity index (χ2v) is 8.05. The third kappa shape index (κ3) is 5.14. The van der Waals surface area contributed by atoms with E-state index in [1.54, 1.807) is 0 Å². The Morgan fingerprint density at radius 3 is 2.58 bits per heavy atom. The average molecular weight is 379 g/mol. The summed E-state index contributed by atoms with van der Waals surface area (Å²) in [6.45, 7) is 0. The largest absolute Gasteiger partial charge is 0.490 e. The number of carbonyl (C=O) groups excluding carboxylic acids is 1. The van der Waals surface area contributed by atoms with Gasteiger partial charge in [0, 0.05) is 24.5 Å². The van der Waals surface area contributed by atoms with E-state index in [9.17, 15) is 4.79 Å². The van der Waals surface area contributed by atoms with E-state index < -0.39 is 0 Å². The molecule has 2 saturated heterocycles. The van der Waals surface area contributed by atoms with Crippen LogP contribution in [0.1, 0.15) is 63.4 Å². The van der Waals surface area contributed by atoms with Crippen molar-refractivity contribution in [1.29, 1.82) is 0 Å². The first-order valence-corrected chi connectivity index (χ1v) is 10.1. The maximum Gasteiger partial charge on any atom is 0.220 e. The van der Waals surface area contributed by atoms with Gasteiger partial charge < -0.3 is 15.4 Å². The van der Waals surface area contributed by atoms with E-state index in [0.29, 0.717) is 30.7 Å². The van der Waals surface area contributed by atoms with E-state index in [4.69, 9.17) is 4.74 Å². The van der Waals surface area contributed by atoms with Crippen molar-refractivity contribution in [2.45, 2.75) is 88.4 Å². The molecule has 144 valence electrons. The van der Waals surface area contributed by atoms with E-state index in [0.717, 1.165) is 25.0 Å². The molecule has 5 heteroatoms. The molecule has 4 rings (SSSR count). The molecule has 1 aliphatic carbocycles. The Morgan fingerprint density at radius 1 is 1.12 bits per heavy atom. The molecule has 2 bridgehead atoms. The summed E-state index contributed by atoms with van der Waals surface area (Å²) in [6, 6.07) is 9.88. The van der Waals surface area contributed by atoms with E-state index >= 15 is 0 Å². The van der Waals surface area contributed by atoms with Gasteiger partial charge in [-0.1, -0.05) is 12.1 Å². The number of amides is 1. The SMILES string of the molecule is Cl.O=C(CCc1cccc(OC2CCCC2)c1)NC1CC2CCC(C1)N2. The van der Waals surface area contributed by atoms with Crippen LogP contribution >= 0.6 is 12.4 Å². The van der Waals surface area contributed by atoms with Crippen molar-refractivity contribution in [3.63, 3.8) is 0 Å². The lowest BCUT2D eigenvalue weighted by Crippen LogP contribution is -2.48. The monoisotopic (exact) mass is 378 g/mol. The first-order valence-electron chi connectivity index (χ1n) is 10.1. The maximum atomic E-state index is 12.3. The number of benzene rings is 1. The second kappa shape index (κ2) is 9.09. The van der Waals surface area contributed by atoms with Gasteiger partial charge in [-0.3, -0.25) is 4.79 Å². The van der Waals surface area contributed by atoms with Crippen LogP contribution in [0.15, 0.2) is 24.3 Å². The number of aryl methyl sites for hydroxylation is 1. The third-order valence-electron chi connectivity index (χ3n) is 5.98. The molecule has 4 nitrogen and oxygen atoms in total. The standard InChI is InChI=1S/C21H30N2O2.ClH/c24-21(23-18-13-16-9-10-17(14-18)22-16)11-8-15-4-3-7-20(12-15)25-19-5-1-2-6-19;/h3-4,7,12,16-19,22H,1-2,5-6,8-11,13-14H2,(H,23,24);1H. The zero-order valence-corrected chi connectivity index (χ0v) is 16.2. The van der Waals surface area contributed by atoms with Crippen molar-refractivity contribution in [1.82, 2.24) is 10.6 Å². The van der Waals surface area contributed by atoms with Crippen LogP contribution in [0.2, 0.25) is 0 Å². The molecule has 1 saturated carbocycles. The number of carbonyl (C=O) groups is 1. The Bertz CT molecular complexity index is 591. The van der Waals surface area contributed by atoms with Crippen LogP contribution in [0.25, 0.3) is 0 Å². The Hall–Kier alpha value is -1.26. The number of ether oxygens (including phenoxy) is 1. The molecule has 2 unspecified atom stereocenters. The van der Waals surface area contributed by atoms with Gasteiger partial charge in [0.25, 0.3) is 0 Å². The molecule has 2 aliphatic heterocycles. The van der Waals surface area contributed by atoms with Gasteiger partial charge in [-0.25, -0.2) is 0 Å². The smallest absolute Gasteiger partial charge is 0.220 e. The average Bonchev–Trinajstić information content (AvgIpc) is 3.23. The summed E-state index contributed by atoms with van der Waals surface area (Å²) in [5.41, 5.74) is 1.19. The fourth-order valence-corrected chi connectivity index (χ4v) is 4.71. The normalized spacial score (nSPS) is 27.8. The van der Waals surface area contributed by atoms with Crippen LogP contribution < -0.4 is 15.4 Å². The molecule has 3 fully saturated rings. The van der Waals surface area contributed by atoms with Crippen LogP contribution in [0, 0.1) is 0 Å². The third-order valence-corrected chi connectivity index (χ3v) is 5.98. The quantitative estimate of drug-likeness (QED) is 0.792. The molecule has 3 aliphatic rings. The fraction of sp³-hybridized carbons (Fsp3) is 0.667. The molecule has 1 aromatic rings. The molecule has 0 aromatic heterocycles. The minimum atomic E-state index is 0. The van der Waals surface area contributed by atoms with Gasteiger partial charge in [-0.2, -0.15) is 0 Å². The van der Waals surface area contributed by atoms with Crippen molar-refractivity contribution < 1.29 is 9.53 Å². The number of halogens is 1. The molecule has 1 aromatic carbocycles. The van der Waals surface area contributed by atoms with Gasteiger partial charge in [0.05, 0.1) is 6.10 Å². The summed E-state index contributed by atoms with van der Waals surface area (Å²) in [6.07, 6.45) is 11.4. The molecule has 1 amide bonds. The Morgan fingerprint density at radius 2 is 1.85 bits per heavy atom. The van der Waals surface area contributed by atoms with Gasteiger partial charge in [-0.15, -0.1) is 12.4 Å². The summed E-state index contributed by atoms with van der Waals surface area (Å²) >= 11 is 0. The maximum absolute atomic E-state index is 12.3. The number of rotatable bonds is 6. The number of piperidine rings is 1. The minimum absolute atomic E-state index is 0. The van der Waals surface area contributed by atoms with Crippen LogP contribution in [-0.4, -0.2) is 30.1 Å². The highest BCUT2D eigenvalue weighted by atomic mass is 35.5. The molecular weight excluding hydrogens is 348 g/mol. The second-order valence-electron chi connectivity index (χ2n) is 8.05. The van der Waals surface area contributed by atoms with E-state index in [2.05, 4.69) is 22.8 Å². The van der Waals surface area contributed by atoms with Crippen molar-refractivity contribution in [2.24, 2.45) is 0 Å². The summed E-state index contributed by atoms with van der Waals surface area (Å²) in [5.74, 6) is 1.15. The van der Waals surface area contributed by atoms with Gasteiger partial charge in [0.2, 0.25) is 5.91 Å².